The Morgan fingerprint density at radius 3 is 2.85 bits per heavy atom. The molecular weight excluding hydrogens is 322 g/mol. The first kappa shape index (κ1) is 14.0. The molecule has 0 amide bonds. The molecule has 5 heteroatoms. The van der Waals surface area contributed by atoms with Crippen LogP contribution in [0.4, 0.5) is 0 Å². The minimum atomic E-state index is -0.112. The molecule has 0 bridgehead atoms. The van der Waals surface area contributed by atoms with Crippen molar-refractivity contribution in [3.05, 3.63) is 34.3 Å². The van der Waals surface area contributed by atoms with Crippen molar-refractivity contribution >= 4 is 21.9 Å². The van der Waals surface area contributed by atoms with Crippen LogP contribution in [0, 0.1) is 0 Å². The van der Waals surface area contributed by atoms with E-state index in [0.717, 1.165) is 29.5 Å². The van der Waals surface area contributed by atoms with Gasteiger partial charge in [0.25, 0.3) is 0 Å². The molecule has 2 saturated heterocycles. The molecule has 0 saturated carbocycles. The molecule has 2 aliphatic heterocycles. The Morgan fingerprint density at radius 1 is 1.35 bits per heavy atom. The van der Waals surface area contributed by atoms with Crippen LogP contribution in [-0.2, 0) is 14.3 Å². The lowest BCUT2D eigenvalue weighted by atomic mass is 10.1. The molecule has 2 heterocycles. The number of hydrogen-bond donors (Lipinski definition) is 0. The minimum absolute atomic E-state index is 0.00281. The second kappa shape index (κ2) is 5.84. The quantitative estimate of drug-likeness (QED) is 0.776. The van der Waals surface area contributed by atoms with Crippen molar-refractivity contribution in [1.29, 1.82) is 0 Å². The summed E-state index contributed by atoms with van der Waals surface area (Å²) >= 11 is 3.57. The summed E-state index contributed by atoms with van der Waals surface area (Å²) in [6, 6.07) is 7.97. The molecule has 0 N–H and O–H groups in total. The van der Waals surface area contributed by atoms with Gasteiger partial charge in [-0.15, -0.1) is 0 Å². The van der Waals surface area contributed by atoms with Gasteiger partial charge in [-0.25, -0.2) is 0 Å². The van der Waals surface area contributed by atoms with Gasteiger partial charge in [-0.1, -0.05) is 34.1 Å². The molecule has 0 aliphatic carbocycles. The van der Waals surface area contributed by atoms with E-state index >= 15 is 0 Å². The first-order chi connectivity index (χ1) is 9.65. The first-order valence-corrected chi connectivity index (χ1v) is 7.75. The van der Waals surface area contributed by atoms with Crippen LogP contribution >= 0.6 is 15.9 Å². The normalized spacial score (nSPS) is 31.3. The Kier molecular flexibility index (Phi) is 4.10. The van der Waals surface area contributed by atoms with Crippen molar-refractivity contribution in [2.75, 3.05) is 19.7 Å². The zero-order chi connectivity index (χ0) is 14.1. The number of morpholine rings is 1. The second-order valence-electron chi connectivity index (χ2n) is 5.37. The zero-order valence-corrected chi connectivity index (χ0v) is 13.0. The Hall–Kier alpha value is -0.910. The highest BCUT2D eigenvalue weighted by atomic mass is 79.9. The molecule has 1 aromatic carbocycles. The largest absolute Gasteiger partial charge is 0.461 e. The van der Waals surface area contributed by atoms with Gasteiger partial charge in [-0.05, 0) is 18.6 Å². The van der Waals surface area contributed by atoms with E-state index in [1.165, 1.54) is 0 Å². The number of hydrogen-bond acceptors (Lipinski definition) is 4. The summed E-state index contributed by atoms with van der Waals surface area (Å²) in [5, 5.41) is 0. The van der Waals surface area contributed by atoms with Crippen LogP contribution in [0.25, 0.3) is 0 Å². The fraction of sp³-hybridized carbons (Fsp3) is 0.533. The summed E-state index contributed by atoms with van der Waals surface area (Å²) in [4.78, 5) is 14.1. The number of ether oxygens (including phenoxy) is 2. The lowest BCUT2D eigenvalue weighted by Crippen LogP contribution is -2.46. The molecular formula is C15H18BrNO3. The summed E-state index contributed by atoms with van der Waals surface area (Å²) in [6.45, 7) is 4.11. The van der Waals surface area contributed by atoms with E-state index in [-0.39, 0.29) is 24.2 Å². The highest BCUT2D eigenvalue weighted by Gasteiger charge is 2.39. The number of nitrogens with zero attached hydrogens (tertiary/aromatic N) is 1. The zero-order valence-electron chi connectivity index (χ0n) is 11.4. The van der Waals surface area contributed by atoms with Crippen LogP contribution in [0.15, 0.2) is 28.7 Å². The smallest absolute Gasteiger partial charge is 0.323 e. The van der Waals surface area contributed by atoms with E-state index in [9.17, 15) is 4.79 Å². The summed E-state index contributed by atoms with van der Waals surface area (Å²) in [7, 11) is 0. The number of cyclic esters (lactones) is 1. The SMILES string of the molecule is C[C@@H]1C[C@@H](N2CCO[C@H](c3ccccc3Br)C2)C(=O)O1. The maximum atomic E-state index is 11.9. The molecule has 3 atom stereocenters. The summed E-state index contributed by atoms with van der Waals surface area (Å²) in [5.74, 6) is -0.0923. The summed E-state index contributed by atoms with van der Waals surface area (Å²) in [6.07, 6.45) is 0.807. The third-order valence-corrected chi connectivity index (χ3v) is 4.66. The third kappa shape index (κ3) is 2.75. The number of rotatable bonds is 2. The van der Waals surface area contributed by atoms with Crippen LogP contribution in [0.3, 0.4) is 0 Å². The molecule has 1 aromatic rings. The van der Waals surface area contributed by atoms with Crippen molar-refractivity contribution in [2.24, 2.45) is 0 Å². The molecule has 2 fully saturated rings. The van der Waals surface area contributed by atoms with Crippen molar-refractivity contribution in [2.45, 2.75) is 31.6 Å². The molecule has 4 nitrogen and oxygen atoms in total. The van der Waals surface area contributed by atoms with Gasteiger partial charge in [0, 0.05) is 24.0 Å². The van der Waals surface area contributed by atoms with Crippen molar-refractivity contribution in [1.82, 2.24) is 4.90 Å². The lowest BCUT2D eigenvalue weighted by molar-refractivity contribution is -0.147. The molecule has 0 spiro atoms. The number of carbonyl (C=O) groups excluding carboxylic acids is 1. The van der Waals surface area contributed by atoms with Crippen LogP contribution in [0.5, 0.6) is 0 Å². The Bertz CT molecular complexity index is 508. The fourth-order valence-electron chi connectivity index (χ4n) is 2.91. The minimum Gasteiger partial charge on any atom is -0.461 e. The third-order valence-electron chi connectivity index (χ3n) is 3.94. The van der Waals surface area contributed by atoms with Gasteiger partial charge in [0.1, 0.15) is 12.1 Å². The van der Waals surface area contributed by atoms with Crippen LogP contribution in [-0.4, -0.2) is 42.7 Å². The Labute approximate surface area is 127 Å². The lowest BCUT2D eigenvalue weighted by Gasteiger charge is -2.35. The van der Waals surface area contributed by atoms with Crippen molar-refractivity contribution < 1.29 is 14.3 Å². The highest BCUT2D eigenvalue weighted by molar-refractivity contribution is 9.10. The summed E-state index contributed by atoms with van der Waals surface area (Å²) < 4.78 is 12.2. The fourth-order valence-corrected chi connectivity index (χ4v) is 3.45. The second-order valence-corrected chi connectivity index (χ2v) is 6.23. The van der Waals surface area contributed by atoms with Gasteiger partial charge in [-0.3, -0.25) is 9.69 Å². The number of esters is 1. The van der Waals surface area contributed by atoms with Gasteiger partial charge in [0.05, 0.1) is 12.7 Å². The summed E-state index contributed by atoms with van der Waals surface area (Å²) in [5.41, 5.74) is 1.14. The van der Waals surface area contributed by atoms with E-state index in [1.54, 1.807) is 0 Å². The van der Waals surface area contributed by atoms with E-state index in [0.29, 0.717) is 6.61 Å². The van der Waals surface area contributed by atoms with E-state index in [1.807, 2.05) is 25.1 Å². The van der Waals surface area contributed by atoms with Crippen molar-refractivity contribution in [3.63, 3.8) is 0 Å². The molecule has 0 radical (unpaired) electrons. The molecule has 108 valence electrons. The monoisotopic (exact) mass is 339 g/mol. The topological polar surface area (TPSA) is 38.8 Å². The molecule has 0 aromatic heterocycles. The number of benzene rings is 1. The average Bonchev–Trinajstić information content (AvgIpc) is 2.78. The molecule has 2 aliphatic rings. The Balaban J connectivity index is 1.74. The van der Waals surface area contributed by atoms with Gasteiger partial charge in [-0.2, -0.15) is 0 Å². The predicted molar refractivity (Wildman–Crippen MR) is 78.4 cm³/mol. The van der Waals surface area contributed by atoms with Gasteiger partial charge < -0.3 is 9.47 Å². The van der Waals surface area contributed by atoms with Crippen LogP contribution in [0.2, 0.25) is 0 Å². The van der Waals surface area contributed by atoms with Gasteiger partial charge in [0.2, 0.25) is 0 Å². The van der Waals surface area contributed by atoms with Crippen LogP contribution in [0.1, 0.15) is 25.0 Å². The van der Waals surface area contributed by atoms with Gasteiger partial charge >= 0.3 is 5.97 Å². The first-order valence-electron chi connectivity index (χ1n) is 6.95. The van der Waals surface area contributed by atoms with Crippen molar-refractivity contribution in [3.8, 4) is 0 Å². The number of halogens is 1. The predicted octanol–water partition coefficient (Wildman–Crippen LogP) is 2.53. The highest BCUT2D eigenvalue weighted by Crippen LogP contribution is 2.31. The average molecular weight is 340 g/mol. The molecule has 0 unspecified atom stereocenters. The number of carbonyl (C=O) groups is 1. The van der Waals surface area contributed by atoms with E-state index in [4.69, 9.17) is 9.47 Å². The maximum Gasteiger partial charge on any atom is 0.323 e. The van der Waals surface area contributed by atoms with E-state index in [2.05, 4.69) is 26.9 Å². The Morgan fingerprint density at radius 2 is 2.15 bits per heavy atom. The standard InChI is InChI=1S/C15H18BrNO3/c1-10-8-13(15(18)20-10)17-6-7-19-14(9-17)11-4-2-3-5-12(11)16/h2-5,10,13-14H,6-9H2,1H3/t10-,13-,14+/m1/s1. The molecule has 3 rings (SSSR count). The van der Waals surface area contributed by atoms with Gasteiger partial charge in [0.15, 0.2) is 0 Å². The van der Waals surface area contributed by atoms with Crippen LogP contribution < -0.4 is 0 Å². The molecule has 20 heavy (non-hydrogen) atoms. The van der Waals surface area contributed by atoms with E-state index < -0.39 is 0 Å². The maximum absolute atomic E-state index is 11.9.